The second-order valence-corrected chi connectivity index (χ2v) is 4.05. The molecule has 17 heavy (non-hydrogen) atoms. The Morgan fingerprint density at radius 2 is 1.71 bits per heavy atom. The van der Waals surface area contributed by atoms with Crippen molar-refractivity contribution in [1.82, 2.24) is 5.32 Å². The van der Waals surface area contributed by atoms with E-state index in [9.17, 15) is 0 Å². The van der Waals surface area contributed by atoms with Crippen molar-refractivity contribution in [2.24, 2.45) is 11.5 Å². The highest BCUT2D eigenvalue weighted by Crippen LogP contribution is 2.10. The largest absolute Gasteiger partial charge is 0.399 e. The zero-order chi connectivity index (χ0) is 12.5. The van der Waals surface area contributed by atoms with E-state index in [1.54, 1.807) is 0 Å². The van der Waals surface area contributed by atoms with Crippen LogP contribution in [0.15, 0.2) is 24.3 Å². The van der Waals surface area contributed by atoms with Gasteiger partial charge >= 0.3 is 0 Å². The number of nitrogens with two attached hydrogens (primary N) is 3. The molecule has 96 valence electrons. The molecule has 0 aliphatic carbocycles. The van der Waals surface area contributed by atoms with Crippen LogP contribution in [0.1, 0.15) is 12.8 Å². The second-order valence-electron chi connectivity index (χ2n) is 4.05. The average Bonchev–Trinajstić information content (AvgIpc) is 2.35. The molecule has 0 aromatic heterocycles. The summed E-state index contributed by atoms with van der Waals surface area (Å²) >= 11 is 0. The predicted octanol–water partition coefficient (Wildman–Crippen LogP) is 0.294. The van der Waals surface area contributed by atoms with E-state index in [-0.39, 0.29) is 6.17 Å². The summed E-state index contributed by atoms with van der Waals surface area (Å²) in [6.07, 6.45) is 2.09. The Kier molecular flexibility index (Phi) is 6.39. The van der Waals surface area contributed by atoms with Gasteiger partial charge in [-0.05, 0) is 43.7 Å². The van der Waals surface area contributed by atoms with Crippen LogP contribution in [0, 0.1) is 0 Å². The molecular formula is C12H23N5. The molecule has 1 rings (SSSR count). The lowest BCUT2D eigenvalue weighted by atomic mass is 10.2. The molecule has 0 heterocycles. The molecule has 0 fully saturated rings. The molecule has 1 unspecified atom stereocenters. The van der Waals surface area contributed by atoms with Gasteiger partial charge in [0.15, 0.2) is 0 Å². The molecule has 0 aliphatic rings. The standard InChI is InChI=1S/C12H23N5/c13-9-12(15)17-8-2-1-7-16-11-5-3-10(14)4-6-11/h3-6,12,16-17H,1-2,7-9,13-15H2. The van der Waals surface area contributed by atoms with Crippen molar-refractivity contribution in [3.05, 3.63) is 24.3 Å². The van der Waals surface area contributed by atoms with Crippen molar-refractivity contribution < 1.29 is 0 Å². The van der Waals surface area contributed by atoms with Gasteiger partial charge < -0.3 is 27.8 Å². The number of unbranched alkanes of at least 4 members (excludes halogenated alkanes) is 1. The summed E-state index contributed by atoms with van der Waals surface area (Å²) in [5.41, 5.74) is 18.5. The Morgan fingerprint density at radius 1 is 1.06 bits per heavy atom. The summed E-state index contributed by atoms with van der Waals surface area (Å²) in [7, 11) is 0. The molecular weight excluding hydrogens is 214 g/mol. The van der Waals surface area contributed by atoms with Gasteiger partial charge in [-0.2, -0.15) is 0 Å². The van der Waals surface area contributed by atoms with E-state index >= 15 is 0 Å². The molecule has 0 radical (unpaired) electrons. The molecule has 5 nitrogen and oxygen atoms in total. The first-order valence-electron chi connectivity index (χ1n) is 6.01. The van der Waals surface area contributed by atoms with Gasteiger partial charge in [0, 0.05) is 24.5 Å². The van der Waals surface area contributed by atoms with E-state index in [0.29, 0.717) is 6.54 Å². The topological polar surface area (TPSA) is 102 Å². The van der Waals surface area contributed by atoms with Crippen molar-refractivity contribution in [3.63, 3.8) is 0 Å². The molecule has 5 heteroatoms. The Balaban J connectivity index is 2.02. The molecule has 1 atom stereocenters. The highest BCUT2D eigenvalue weighted by atomic mass is 15.0. The van der Waals surface area contributed by atoms with Gasteiger partial charge in [-0.3, -0.25) is 0 Å². The van der Waals surface area contributed by atoms with E-state index in [4.69, 9.17) is 17.2 Å². The van der Waals surface area contributed by atoms with Gasteiger partial charge in [0.25, 0.3) is 0 Å². The Morgan fingerprint density at radius 3 is 2.35 bits per heavy atom. The molecule has 0 spiro atoms. The first-order chi connectivity index (χ1) is 8.22. The monoisotopic (exact) mass is 237 g/mol. The number of hydrogen-bond acceptors (Lipinski definition) is 5. The molecule has 0 saturated heterocycles. The second kappa shape index (κ2) is 7.89. The molecule has 1 aromatic carbocycles. The predicted molar refractivity (Wildman–Crippen MR) is 73.6 cm³/mol. The fourth-order valence-electron chi connectivity index (χ4n) is 1.45. The minimum atomic E-state index is -0.0833. The minimum Gasteiger partial charge on any atom is -0.399 e. The van der Waals surface area contributed by atoms with Crippen molar-refractivity contribution in [1.29, 1.82) is 0 Å². The van der Waals surface area contributed by atoms with Crippen molar-refractivity contribution in [2.45, 2.75) is 19.0 Å². The normalized spacial score (nSPS) is 12.4. The number of benzene rings is 1. The molecule has 1 aromatic rings. The van der Waals surface area contributed by atoms with E-state index < -0.39 is 0 Å². The third-order valence-electron chi connectivity index (χ3n) is 2.50. The van der Waals surface area contributed by atoms with E-state index in [2.05, 4.69) is 10.6 Å². The van der Waals surface area contributed by atoms with Crippen molar-refractivity contribution in [3.8, 4) is 0 Å². The number of nitrogens with one attached hydrogen (secondary N) is 2. The molecule has 0 amide bonds. The molecule has 8 N–H and O–H groups in total. The third kappa shape index (κ3) is 6.11. The summed E-state index contributed by atoms with van der Waals surface area (Å²) < 4.78 is 0. The van der Waals surface area contributed by atoms with Crippen LogP contribution >= 0.6 is 0 Å². The van der Waals surface area contributed by atoms with Gasteiger partial charge in [-0.1, -0.05) is 0 Å². The Hall–Kier alpha value is -1.30. The number of hydrogen-bond donors (Lipinski definition) is 5. The zero-order valence-corrected chi connectivity index (χ0v) is 10.2. The summed E-state index contributed by atoms with van der Waals surface area (Å²) in [6, 6.07) is 7.75. The van der Waals surface area contributed by atoms with Gasteiger partial charge in [-0.25, -0.2) is 0 Å². The maximum Gasteiger partial charge on any atom is 0.0672 e. The quantitative estimate of drug-likeness (QED) is 0.254. The molecule has 0 aliphatic heterocycles. The van der Waals surface area contributed by atoms with Crippen LogP contribution < -0.4 is 27.8 Å². The first kappa shape index (κ1) is 13.8. The lowest BCUT2D eigenvalue weighted by molar-refractivity contribution is 0.520. The van der Waals surface area contributed by atoms with Crippen LogP contribution in [0.5, 0.6) is 0 Å². The van der Waals surface area contributed by atoms with Gasteiger partial charge in [-0.15, -0.1) is 0 Å². The lowest BCUT2D eigenvalue weighted by Crippen LogP contribution is -2.43. The zero-order valence-electron chi connectivity index (χ0n) is 10.2. The Labute approximate surface area is 103 Å². The summed E-state index contributed by atoms with van der Waals surface area (Å²) in [4.78, 5) is 0. The summed E-state index contributed by atoms with van der Waals surface area (Å²) in [5.74, 6) is 0. The Bertz CT molecular complexity index is 298. The highest BCUT2D eigenvalue weighted by molar-refractivity contribution is 5.50. The van der Waals surface area contributed by atoms with Crippen LogP contribution in [0.25, 0.3) is 0 Å². The molecule has 0 saturated carbocycles. The van der Waals surface area contributed by atoms with Crippen LogP contribution in [0.3, 0.4) is 0 Å². The van der Waals surface area contributed by atoms with Crippen LogP contribution in [-0.4, -0.2) is 25.8 Å². The SMILES string of the molecule is NCC(N)NCCCCNc1ccc(N)cc1. The molecule has 0 bridgehead atoms. The third-order valence-corrected chi connectivity index (χ3v) is 2.50. The average molecular weight is 237 g/mol. The summed E-state index contributed by atoms with van der Waals surface area (Å²) in [6.45, 7) is 2.33. The van der Waals surface area contributed by atoms with Crippen LogP contribution in [0.4, 0.5) is 11.4 Å². The van der Waals surface area contributed by atoms with Gasteiger partial charge in [0.1, 0.15) is 0 Å². The van der Waals surface area contributed by atoms with Crippen molar-refractivity contribution >= 4 is 11.4 Å². The number of nitrogen functional groups attached to an aromatic ring is 1. The number of anilines is 2. The maximum atomic E-state index is 5.63. The minimum absolute atomic E-state index is 0.0833. The lowest BCUT2D eigenvalue weighted by Gasteiger charge is -2.11. The fourth-order valence-corrected chi connectivity index (χ4v) is 1.45. The van der Waals surface area contributed by atoms with Gasteiger partial charge in [0.05, 0.1) is 6.17 Å². The van der Waals surface area contributed by atoms with E-state index in [0.717, 1.165) is 37.3 Å². The van der Waals surface area contributed by atoms with Crippen molar-refractivity contribution in [2.75, 3.05) is 30.7 Å². The number of rotatable bonds is 8. The summed E-state index contributed by atoms with van der Waals surface area (Å²) in [5, 5.41) is 6.48. The maximum absolute atomic E-state index is 5.63. The van der Waals surface area contributed by atoms with Crippen LogP contribution in [-0.2, 0) is 0 Å². The van der Waals surface area contributed by atoms with E-state index in [1.807, 2.05) is 24.3 Å². The van der Waals surface area contributed by atoms with Crippen LogP contribution in [0.2, 0.25) is 0 Å². The smallest absolute Gasteiger partial charge is 0.0672 e. The first-order valence-corrected chi connectivity index (χ1v) is 6.01. The highest BCUT2D eigenvalue weighted by Gasteiger charge is 1.96. The fraction of sp³-hybridized carbons (Fsp3) is 0.500. The van der Waals surface area contributed by atoms with E-state index in [1.165, 1.54) is 0 Å². The van der Waals surface area contributed by atoms with Gasteiger partial charge in [0.2, 0.25) is 0 Å².